The zero-order valence-electron chi connectivity index (χ0n) is 15.7. The van der Waals surface area contributed by atoms with Crippen molar-refractivity contribution in [3.05, 3.63) is 64.1 Å². The van der Waals surface area contributed by atoms with Crippen LogP contribution < -0.4 is 0 Å². The van der Waals surface area contributed by atoms with Gasteiger partial charge >= 0.3 is 5.97 Å². The van der Waals surface area contributed by atoms with E-state index in [1.807, 2.05) is 0 Å². The first-order chi connectivity index (χ1) is 13.8. The first kappa shape index (κ1) is 19.5. The molecule has 0 saturated heterocycles. The highest BCUT2D eigenvalue weighted by Gasteiger charge is 2.38. The van der Waals surface area contributed by atoms with E-state index in [0.29, 0.717) is 22.2 Å². The summed E-state index contributed by atoms with van der Waals surface area (Å²) in [5.74, 6) is -2.82. The number of carboxylic acid groups (broad SMARTS) is 1. The minimum absolute atomic E-state index is 0.0241. The van der Waals surface area contributed by atoms with Gasteiger partial charge in [-0.2, -0.15) is 0 Å². The highest BCUT2D eigenvalue weighted by atomic mass is 35.5. The number of nitrogens with zero attached hydrogens (tertiary/aromatic N) is 1. The number of rotatable bonds is 4. The van der Waals surface area contributed by atoms with Crippen LogP contribution in [0.3, 0.4) is 0 Å². The summed E-state index contributed by atoms with van der Waals surface area (Å²) in [5, 5.41) is 20.6. The fourth-order valence-electron chi connectivity index (χ4n) is 4.16. The van der Waals surface area contributed by atoms with Crippen molar-refractivity contribution in [1.29, 1.82) is 0 Å². The molecule has 1 fully saturated rings. The summed E-state index contributed by atoms with van der Waals surface area (Å²) in [6.45, 7) is 1.69. The molecule has 1 aliphatic carbocycles. The molecule has 1 saturated carbocycles. The maximum absolute atomic E-state index is 13.3. The van der Waals surface area contributed by atoms with E-state index >= 15 is 0 Å². The number of hydrogen-bond donors (Lipinski definition) is 2. The van der Waals surface area contributed by atoms with Gasteiger partial charge in [0.25, 0.3) is 5.91 Å². The van der Waals surface area contributed by atoms with Crippen LogP contribution in [-0.4, -0.2) is 26.7 Å². The summed E-state index contributed by atoms with van der Waals surface area (Å²) >= 11 is 6.10. The quantitative estimate of drug-likeness (QED) is 0.621. The summed E-state index contributed by atoms with van der Waals surface area (Å²) in [5.41, 5.74) is 1.67. The minimum atomic E-state index is -0.958. The van der Waals surface area contributed by atoms with Gasteiger partial charge in [0.05, 0.1) is 16.5 Å². The Labute approximate surface area is 171 Å². The highest BCUT2D eigenvalue weighted by molar-refractivity contribution is 6.33. The number of halogens is 2. The second-order valence-electron chi connectivity index (χ2n) is 7.47. The van der Waals surface area contributed by atoms with Crippen molar-refractivity contribution in [2.45, 2.75) is 32.1 Å². The van der Waals surface area contributed by atoms with Crippen molar-refractivity contribution in [2.75, 3.05) is 0 Å². The predicted molar refractivity (Wildman–Crippen MR) is 107 cm³/mol. The molecule has 7 heteroatoms. The van der Waals surface area contributed by atoms with Gasteiger partial charge in [-0.1, -0.05) is 18.0 Å². The number of benzene rings is 2. The van der Waals surface area contributed by atoms with Crippen LogP contribution in [-0.2, 0) is 4.79 Å². The number of aromatic nitrogens is 1. The monoisotopic (exact) mass is 415 g/mol. The van der Waals surface area contributed by atoms with Crippen LogP contribution in [0.5, 0.6) is 5.75 Å². The van der Waals surface area contributed by atoms with E-state index in [1.165, 1.54) is 41.0 Å². The lowest BCUT2D eigenvalue weighted by molar-refractivity contribution is -0.141. The first-order valence-electron chi connectivity index (χ1n) is 9.36. The zero-order chi connectivity index (χ0) is 20.9. The molecular weight excluding hydrogens is 397 g/mol. The fraction of sp³-hybridized carbons (Fsp3) is 0.273. The van der Waals surface area contributed by atoms with E-state index in [4.69, 9.17) is 11.6 Å². The Balaban J connectivity index is 1.98. The highest BCUT2D eigenvalue weighted by Crippen LogP contribution is 2.45. The zero-order valence-corrected chi connectivity index (χ0v) is 16.4. The number of aromatic hydroxyl groups is 1. The van der Waals surface area contributed by atoms with Crippen LogP contribution in [0, 0.1) is 18.7 Å². The number of carbonyl (C=O) groups is 2. The lowest BCUT2D eigenvalue weighted by Crippen LogP contribution is -2.27. The molecule has 0 spiro atoms. The van der Waals surface area contributed by atoms with Crippen LogP contribution in [0.1, 0.15) is 46.8 Å². The van der Waals surface area contributed by atoms with Crippen LogP contribution in [0.25, 0.3) is 10.9 Å². The third kappa shape index (κ3) is 3.17. The number of aliphatic carboxylic acids is 1. The molecule has 1 atom stereocenters. The molecule has 1 heterocycles. The molecule has 0 amide bonds. The van der Waals surface area contributed by atoms with E-state index in [-0.39, 0.29) is 22.3 Å². The van der Waals surface area contributed by atoms with Gasteiger partial charge < -0.3 is 10.2 Å². The van der Waals surface area contributed by atoms with Gasteiger partial charge in [0.2, 0.25) is 0 Å². The Morgan fingerprint density at radius 2 is 1.86 bits per heavy atom. The number of phenolic OH excluding ortho intramolecular Hbond substituents is 1. The van der Waals surface area contributed by atoms with Crippen LogP contribution in [0.2, 0.25) is 5.02 Å². The van der Waals surface area contributed by atoms with Crippen molar-refractivity contribution >= 4 is 34.4 Å². The first-order valence-corrected chi connectivity index (χ1v) is 9.74. The van der Waals surface area contributed by atoms with Crippen molar-refractivity contribution in [3.8, 4) is 5.75 Å². The van der Waals surface area contributed by atoms with Crippen LogP contribution >= 0.6 is 11.6 Å². The van der Waals surface area contributed by atoms with Gasteiger partial charge in [-0.3, -0.25) is 14.2 Å². The van der Waals surface area contributed by atoms with E-state index in [0.717, 1.165) is 19.3 Å². The maximum atomic E-state index is 13.3. The second-order valence-corrected chi connectivity index (χ2v) is 7.88. The van der Waals surface area contributed by atoms with Crippen molar-refractivity contribution in [1.82, 2.24) is 4.57 Å². The average molecular weight is 416 g/mol. The smallest absolute Gasteiger partial charge is 0.311 e. The summed E-state index contributed by atoms with van der Waals surface area (Å²) in [6, 6.07) is 8.04. The van der Waals surface area contributed by atoms with Gasteiger partial charge in [0.15, 0.2) is 0 Å². The standard InChI is InChI=1S/C22H19ClFNO4/c1-11-19(20(22(28)29)12-3-2-4-12)15-9-18(26)16(23)10-17(15)25(11)21(27)13-5-7-14(24)8-6-13/h5-10,12,20,26H,2-4H2,1H3,(H,28,29). The largest absolute Gasteiger partial charge is 0.506 e. The lowest BCUT2D eigenvalue weighted by atomic mass is 9.72. The molecule has 5 nitrogen and oxygen atoms in total. The summed E-state index contributed by atoms with van der Waals surface area (Å²) < 4.78 is 14.7. The second kappa shape index (κ2) is 7.19. The Morgan fingerprint density at radius 1 is 1.21 bits per heavy atom. The molecule has 0 bridgehead atoms. The molecule has 1 aliphatic rings. The summed E-state index contributed by atoms with van der Waals surface area (Å²) in [4.78, 5) is 25.4. The predicted octanol–water partition coefficient (Wildman–Crippen LogP) is 5.10. The van der Waals surface area contributed by atoms with Crippen LogP contribution in [0.15, 0.2) is 36.4 Å². The summed E-state index contributed by atoms with van der Waals surface area (Å²) in [6.07, 6.45) is 2.57. The number of fused-ring (bicyclic) bond motifs is 1. The third-order valence-corrected chi connectivity index (χ3v) is 6.12. The van der Waals surface area contributed by atoms with Gasteiger partial charge in [0, 0.05) is 16.6 Å². The average Bonchev–Trinajstić information content (AvgIpc) is 2.89. The lowest BCUT2D eigenvalue weighted by Gasteiger charge is -2.31. The SMILES string of the molecule is Cc1c(C(C(=O)O)C2CCC2)c2cc(O)c(Cl)cc2n1C(=O)c1ccc(F)cc1. The third-order valence-electron chi connectivity index (χ3n) is 5.81. The van der Waals surface area contributed by atoms with Crippen molar-refractivity contribution in [2.24, 2.45) is 5.92 Å². The van der Waals surface area contributed by atoms with Crippen molar-refractivity contribution in [3.63, 3.8) is 0 Å². The minimum Gasteiger partial charge on any atom is -0.506 e. The topological polar surface area (TPSA) is 79.5 Å². The van der Waals surface area contributed by atoms with E-state index in [2.05, 4.69) is 0 Å². The van der Waals surface area contributed by atoms with E-state index < -0.39 is 23.6 Å². The Morgan fingerprint density at radius 3 is 2.41 bits per heavy atom. The molecule has 2 aromatic carbocycles. The molecule has 0 aliphatic heterocycles. The molecule has 3 aromatic rings. The fourth-order valence-corrected chi connectivity index (χ4v) is 4.32. The number of hydrogen-bond acceptors (Lipinski definition) is 3. The molecule has 1 aromatic heterocycles. The number of phenols is 1. The maximum Gasteiger partial charge on any atom is 0.311 e. The van der Waals surface area contributed by atoms with E-state index in [9.17, 15) is 24.2 Å². The Hall–Kier alpha value is -2.86. The molecule has 29 heavy (non-hydrogen) atoms. The number of carbonyl (C=O) groups excluding carboxylic acids is 1. The molecule has 150 valence electrons. The molecule has 1 unspecified atom stereocenters. The molecule has 4 rings (SSSR count). The van der Waals surface area contributed by atoms with Gasteiger partial charge in [0.1, 0.15) is 11.6 Å². The summed E-state index contributed by atoms with van der Waals surface area (Å²) in [7, 11) is 0. The van der Waals surface area contributed by atoms with Gasteiger partial charge in [-0.15, -0.1) is 0 Å². The molecular formula is C22H19ClFNO4. The molecule has 0 radical (unpaired) electrons. The Kier molecular flexibility index (Phi) is 4.82. The Bertz CT molecular complexity index is 1130. The van der Waals surface area contributed by atoms with E-state index in [1.54, 1.807) is 6.92 Å². The van der Waals surface area contributed by atoms with Crippen molar-refractivity contribution < 1.29 is 24.2 Å². The van der Waals surface area contributed by atoms with Crippen LogP contribution in [0.4, 0.5) is 4.39 Å². The molecule has 2 N–H and O–H groups in total. The van der Waals surface area contributed by atoms with Gasteiger partial charge in [-0.25, -0.2) is 4.39 Å². The van der Waals surface area contributed by atoms with Gasteiger partial charge in [-0.05, 0) is 67.6 Å². The normalized spacial score (nSPS) is 15.3. The number of carboxylic acids is 1.